The summed E-state index contributed by atoms with van der Waals surface area (Å²) in [5.41, 5.74) is 1.75. The molecule has 5 heteroatoms. The molecule has 6 atom stereocenters. The maximum absolute atomic E-state index is 13.3. The van der Waals surface area contributed by atoms with Crippen LogP contribution in [0, 0.1) is 10.8 Å². The van der Waals surface area contributed by atoms with Crippen molar-refractivity contribution < 1.29 is 19.7 Å². The lowest BCUT2D eigenvalue weighted by atomic mass is 9.44. The van der Waals surface area contributed by atoms with E-state index in [1.54, 1.807) is 26.8 Å². The van der Waals surface area contributed by atoms with Crippen LogP contribution >= 0.6 is 0 Å². The number of rotatable bonds is 1. The number of carbonyl (C=O) groups is 1. The maximum atomic E-state index is 13.3. The van der Waals surface area contributed by atoms with Gasteiger partial charge in [0.1, 0.15) is 5.60 Å². The van der Waals surface area contributed by atoms with Crippen molar-refractivity contribution in [2.24, 2.45) is 16.6 Å². The Morgan fingerprint density at radius 3 is 2.48 bits per heavy atom. The Morgan fingerprint density at radius 1 is 1.32 bits per heavy atom. The fraction of sp³-hybridized carbons (Fsp3) is 0.750. The van der Waals surface area contributed by atoms with Gasteiger partial charge >= 0.3 is 0 Å². The lowest BCUT2D eigenvalue weighted by Gasteiger charge is -2.67. The molecule has 1 heterocycles. The van der Waals surface area contributed by atoms with Crippen molar-refractivity contribution >= 4 is 5.78 Å². The second kappa shape index (κ2) is 5.03. The van der Waals surface area contributed by atoms with Crippen LogP contribution in [0.1, 0.15) is 53.9 Å². The first kappa shape index (κ1) is 18.8. The summed E-state index contributed by atoms with van der Waals surface area (Å²) in [6, 6.07) is -0.673. The zero-order valence-corrected chi connectivity index (χ0v) is 15.9. The van der Waals surface area contributed by atoms with Gasteiger partial charge in [-0.15, -0.1) is 6.58 Å². The van der Waals surface area contributed by atoms with Crippen LogP contribution in [0.15, 0.2) is 24.3 Å². The molecule has 1 saturated heterocycles. The number of aliphatic hydroxyl groups excluding tert-OH is 1. The van der Waals surface area contributed by atoms with Crippen LogP contribution in [0.25, 0.3) is 0 Å². The highest BCUT2D eigenvalue weighted by Crippen LogP contribution is 2.64. The Bertz CT molecular complexity index is 671. The summed E-state index contributed by atoms with van der Waals surface area (Å²) in [5, 5.41) is 22.8. The quantitative estimate of drug-likeness (QED) is 0.629. The molecule has 3 rings (SSSR count). The molecule has 1 saturated carbocycles. The Kier molecular flexibility index (Phi) is 3.78. The highest BCUT2D eigenvalue weighted by molar-refractivity contribution is 5.93. The number of ether oxygens (including phenoxy) is 1. The molecule has 3 aliphatic rings. The SMILES string of the molecule is C=C[C@@]1(C)CC(=O)[C@@]2(O)[C@](C)(O1)[C@@H](N)C=C1C(C)(C)CC[C@H](O)[C@@]12C. The molecule has 0 amide bonds. The number of fused-ring (bicyclic) bond motifs is 3. The summed E-state index contributed by atoms with van der Waals surface area (Å²) < 4.78 is 6.26. The summed E-state index contributed by atoms with van der Waals surface area (Å²) in [6.07, 6.45) is 3.94. The number of aliphatic hydroxyl groups is 2. The normalized spacial score (nSPS) is 52.0. The Balaban J connectivity index is 2.31. The van der Waals surface area contributed by atoms with E-state index in [0.717, 1.165) is 12.0 Å². The standard InChI is InChI=1S/C20H31NO4/c1-7-17(4)11-15(23)20(24)18(5)12(10-13(21)19(20,6)25-17)16(2,3)9-8-14(18)22/h7,10,13-14,22,24H,1,8-9,11,21H2,2-6H3/t13-,14-,17-,18+,19+,20-/m0/s1. The van der Waals surface area contributed by atoms with Crippen molar-refractivity contribution in [3.63, 3.8) is 0 Å². The van der Waals surface area contributed by atoms with Gasteiger partial charge in [0, 0.05) is 6.42 Å². The smallest absolute Gasteiger partial charge is 0.171 e. The third-order valence-electron chi connectivity index (χ3n) is 7.24. The third kappa shape index (κ3) is 2.01. The van der Waals surface area contributed by atoms with Crippen LogP contribution in [0.4, 0.5) is 0 Å². The fourth-order valence-corrected chi connectivity index (χ4v) is 5.52. The molecule has 4 N–H and O–H groups in total. The fourth-order valence-electron chi connectivity index (χ4n) is 5.52. The average Bonchev–Trinajstić information content (AvgIpc) is 2.51. The highest BCUT2D eigenvalue weighted by Gasteiger charge is 2.75. The monoisotopic (exact) mass is 349 g/mol. The van der Waals surface area contributed by atoms with E-state index in [4.69, 9.17) is 10.5 Å². The van der Waals surface area contributed by atoms with E-state index < -0.39 is 34.4 Å². The second-order valence-corrected chi connectivity index (χ2v) is 9.28. The maximum Gasteiger partial charge on any atom is 0.171 e. The predicted octanol–water partition coefficient (Wildman–Crippen LogP) is 1.86. The Morgan fingerprint density at radius 2 is 1.92 bits per heavy atom. The molecule has 0 aromatic carbocycles. The first-order valence-corrected chi connectivity index (χ1v) is 9.04. The molecule has 5 nitrogen and oxygen atoms in total. The average molecular weight is 349 g/mol. The highest BCUT2D eigenvalue weighted by atomic mass is 16.5. The van der Waals surface area contributed by atoms with E-state index in [-0.39, 0.29) is 17.6 Å². The lowest BCUT2D eigenvalue weighted by molar-refractivity contribution is -0.286. The number of ketones is 1. The molecule has 0 radical (unpaired) electrons. The summed E-state index contributed by atoms with van der Waals surface area (Å²) in [6.45, 7) is 13.2. The van der Waals surface area contributed by atoms with Gasteiger partial charge in [0.2, 0.25) is 0 Å². The van der Waals surface area contributed by atoms with E-state index in [2.05, 4.69) is 20.4 Å². The second-order valence-electron chi connectivity index (χ2n) is 9.28. The number of hydrogen-bond acceptors (Lipinski definition) is 5. The summed E-state index contributed by atoms with van der Waals surface area (Å²) in [4.78, 5) is 13.3. The Labute approximate surface area is 149 Å². The van der Waals surface area contributed by atoms with Gasteiger partial charge < -0.3 is 20.7 Å². The van der Waals surface area contributed by atoms with Crippen LogP contribution in [0.5, 0.6) is 0 Å². The van der Waals surface area contributed by atoms with E-state index >= 15 is 0 Å². The van der Waals surface area contributed by atoms with Crippen LogP contribution < -0.4 is 5.73 Å². The first-order chi connectivity index (χ1) is 11.3. The summed E-state index contributed by atoms with van der Waals surface area (Å²) >= 11 is 0. The molecular formula is C20H31NO4. The van der Waals surface area contributed by atoms with E-state index in [0.29, 0.717) is 6.42 Å². The van der Waals surface area contributed by atoms with Gasteiger partial charge in [-0.25, -0.2) is 0 Å². The van der Waals surface area contributed by atoms with Gasteiger partial charge in [-0.05, 0) is 39.0 Å². The molecule has 2 fully saturated rings. The molecule has 0 unspecified atom stereocenters. The van der Waals surface area contributed by atoms with Gasteiger partial charge in [-0.1, -0.05) is 31.6 Å². The van der Waals surface area contributed by atoms with Gasteiger partial charge in [-0.2, -0.15) is 0 Å². The van der Waals surface area contributed by atoms with Crippen molar-refractivity contribution in [3.8, 4) is 0 Å². The molecule has 0 spiro atoms. The van der Waals surface area contributed by atoms with Crippen molar-refractivity contribution in [1.82, 2.24) is 0 Å². The summed E-state index contributed by atoms with van der Waals surface area (Å²) in [7, 11) is 0. The minimum absolute atomic E-state index is 0.00529. The molecule has 1 aliphatic heterocycles. The lowest BCUT2D eigenvalue weighted by Crippen LogP contribution is -2.82. The minimum atomic E-state index is -1.90. The van der Waals surface area contributed by atoms with E-state index in [1.165, 1.54) is 0 Å². The molecule has 2 aliphatic carbocycles. The van der Waals surface area contributed by atoms with Gasteiger partial charge in [-0.3, -0.25) is 4.79 Å². The van der Waals surface area contributed by atoms with Crippen molar-refractivity contribution in [1.29, 1.82) is 0 Å². The van der Waals surface area contributed by atoms with E-state index in [9.17, 15) is 15.0 Å². The predicted molar refractivity (Wildman–Crippen MR) is 95.9 cm³/mol. The molecule has 25 heavy (non-hydrogen) atoms. The first-order valence-electron chi connectivity index (χ1n) is 9.04. The van der Waals surface area contributed by atoms with E-state index in [1.807, 2.05) is 6.08 Å². The third-order valence-corrected chi connectivity index (χ3v) is 7.24. The van der Waals surface area contributed by atoms with Gasteiger partial charge in [0.25, 0.3) is 0 Å². The van der Waals surface area contributed by atoms with Gasteiger partial charge in [0.15, 0.2) is 11.4 Å². The number of nitrogens with two attached hydrogens (primary N) is 1. The molecule has 140 valence electrons. The molecular weight excluding hydrogens is 318 g/mol. The van der Waals surface area contributed by atoms with Crippen LogP contribution in [-0.4, -0.2) is 44.9 Å². The molecule has 0 aromatic heterocycles. The number of Topliss-reactive ketones (excluding diaryl/α,β-unsaturated/α-hetero) is 1. The van der Waals surface area contributed by atoms with Crippen LogP contribution in [0.3, 0.4) is 0 Å². The van der Waals surface area contributed by atoms with Crippen LogP contribution in [-0.2, 0) is 9.53 Å². The zero-order chi connectivity index (χ0) is 19.1. The van der Waals surface area contributed by atoms with Crippen LogP contribution in [0.2, 0.25) is 0 Å². The number of carbonyl (C=O) groups excluding carboxylic acids is 1. The van der Waals surface area contributed by atoms with Crippen molar-refractivity contribution in [2.75, 3.05) is 0 Å². The zero-order valence-electron chi connectivity index (χ0n) is 15.9. The topological polar surface area (TPSA) is 92.8 Å². The largest absolute Gasteiger partial charge is 0.392 e. The van der Waals surface area contributed by atoms with Gasteiger partial charge in [0.05, 0.1) is 23.2 Å². The van der Waals surface area contributed by atoms with Crippen molar-refractivity contribution in [3.05, 3.63) is 24.3 Å². The number of hydrogen-bond donors (Lipinski definition) is 3. The molecule has 0 bridgehead atoms. The summed E-state index contributed by atoms with van der Waals surface area (Å²) in [5.74, 6) is -0.344. The van der Waals surface area contributed by atoms with Crippen molar-refractivity contribution in [2.45, 2.75) is 82.8 Å². The molecule has 0 aromatic rings. The minimum Gasteiger partial charge on any atom is -0.392 e. The Hall–Kier alpha value is -1.01.